The summed E-state index contributed by atoms with van der Waals surface area (Å²) in [5.41, 5.74) is 4.98. The van der Waals surface area contributed by atoms with E-state index in [-0.39, 0.29) is 48.7 Å². The van der Waals surface area contributed by atoms with Crippen LogP contribution in [0.3, 0.4) is 0 Å². The van der Waals surface area contributed by atoms with Crippen LogP contribution in [0.1, 0.15) is 231 Å². The lowest BCUT2D eigenvalue weighted by Crippen LogP contribution is -2.54. The Morgan fingerprint density at radius 3 is 1.07 bits per heavy atom. The lowest BCUT2D eigenvalue weighted by atomic mass is 9.49. The minimum Gasteiger partial charge on any atom is -0.479 e. The van der Waals surface area contributed by atoms with Crippen molar-refractivity contribution < 1.29 is 62.7 Å². The van der Waals surface area contributed by atoms with Gasteiger partial charge in [0.15, 0.2) is 93.1 Å². The molecule has 21 fully saturated rings. The summed E-state index contributed by atoms with van der Waals surface area (Å²) in [6.45, 7) is 0.764. The molecule has 574 valence electrons. The molecule has 15 saturated carbocycles. The average Bonchev–Trinajstić information content (AvgIpc) is 1.63. The molecule has 6 saturated heterocycles. The molecule has 12 heterocycles. The Kier molecular flexibility index (Phi) is 16.4. The number of rotatable bonds is 13. The van der Waals surface area contributed by atoms with Gasteiger partial charge in [0.25, 0.3) is 0 Å². The summed E-state index contributed by atoms with van der Waals surface area (Å²) in [4.78, 5) is 53.9. The fraction of sp³-hybridized carbons (Fsp3) is 0.797. The van der Waals surface area contributed by atoms with Gasteiger partial charge in [0, 0.05) is 56.1 Å². The van der Waals surface area contributed by atoms with E-state index < -0.39 is 72.5 Å². The van der Waals surface area contributed by atoms with Crippen LogP contribution >= 0.6 is 0 Å². The predicted molar refractivity (Wildman–Crippen MR) is 384 cm³/mol. The monoisotopic (exact) mass is 1470 g/mol. The number of nitrogens with zero attached hydrogens (tertiary/aromatic N) is 12. The maximum atomic E-state index is 12.1. The molecule has 0 radical (unpaired) electrons. The maximum absolute atomic E-state index is 12.1. The number of aromatic nitrogens is 12. The molecule has 6 aliphatic heterocycles. The van der Waals surface area contributed by atoms with Crippen LogP contribution in [-0.4, -0.2) is 183 Å². The van der Waals surface area contributed by atoms with E-state index in [1.807, 2.05) is 13.7 Å². The molecule has 12 atom stereocenters. The number of aliphatic carboxylic acids is 1. The van der Waals surface area contributed by atoms with Gasteiger partial charge in [-0.2, -0.15) is 0 Å². The molecule has 3 spiro atoms. The van der Waals surface area contributed by atoms with Gasteiger partial charge in [-0.15, -0.1) is 0 Å². The molecule has 12 bridgehead atoms. The van der Waals surface area contributed by atoms with E-state index in [9.17, 15) is 20.1 Å². The molecule has 107 heavy (non-hydrogen) atoms. The van der Waals surface area contributed by atoms with E-state index in [4.69, 9.17) is 57.6 Å². The highest BCUT2D eigenvalue weighted by Gasteiger charge is 2.64. The van der Waals surface area contributed by atoms with Crippen LogP contribution in [0.5, 0.6) is 0 Å². The number of carbonyl (C=O) groups is 1. The molecule has 0 amide bonds. The molecular formula is C79H105N15O13. The second-order valence-electron chi connectivity index (χ2n) is 37.2. The van der Waals surface area contributed by atoms with Crippen molar-refractivity contribution in [3.8, 4) is 0 Å². The third kappa shape index (κ3) is 11.6. The third-order valence-corrected chi connectivity index (χ3v) is 29.9. The quantitative estimate of drug-likeness (QED) is 0.0626. The van der Waals surface area contributed by atoms with Crippen molar-refractivity contribution in [2.24, 2.45) is 58.7 Å². The van der Waals surface area contributed by atoms with Gasteiger partial charge >= 0.3 is 5.97 Å². The van der Waals surface area contributed by atoms with E-state index in [1.165, 1.54) is 128 Å². The molecule has 27 rings (SSSR count). The van der Waals surface area contributed by atoms with Gasteiger partial charge < -0.3 is 73.9 Å². The van der Waals surface area contributed by atoms with Crippen LogP contribution in [0, 0.1) is 58.7 Å². The minimum atomic E-state index is -1.09. The third-order valence-electron chi connectivity index (χ3n) is 29.9. The SMILES string of the molecule is O=C(O)[C@H]1O[C@@H](n2cnc3c(NC45CC6CC(CC(C6)C4)C5)ncnc32)[C@H]2OC3(CCCCC3)OC12.OC[C@H]1O[C@@H](n2cnc3c(NC45CC6CC(CC(C6)C4)C5)ncnc32)[C@H]2OC3(CCCCC3)OC12.OC[C@H]1O[C@@H](n2cnc3c(NCC45CC6CC(CC(C6)C4)C5)ncnc32)[C@H]2OC3(CCCCC3)OC12. The van der Waals surface area contributed by atoms with Crippen molar-refractivity contribution in [3.05, 3.63) is 38.0 Å². The van der Waals surface area contributed by atoms with Crippen LogP contribution in [0.2, 0.25) is 0 Å². The first-order valence-corrected chi connectivity index (χ1v) is 41.6. The Morgan fingerprint density at radius 1 is 0.393 bits per heavy atom. The molecule has 0 aromatic carbocycles. The number of carboxylic acids is 1. The number of aliphatic hydroxyl groups is 2. The van der Waals surface area contributed by atoms with Crippen molar-refractivity contribution in [3.63, 3.8) is 0 Å². The fourth-order valence-electron chi connectivity index (χ4n) is 26.8. The largest absolute Gasteiger partial charge is 0.479 e. The zero-order chi connectivity index (χ0) is 71.2. The zero-order valence-corrected chi connectivity index (χ0v) is 61.3. The summed E-state index contributed by atoms with van der Waals surface area (Å²) in [6.07, 6.45) is 43.6. The second kappa shape index (κ2) is 25.8. The van der Waals surface area contributed by atoms with Crippen molar-refractivity contribution in [1.82, 2.24) is 58.6 Å². The molecule has 6 N–H and O–H groups in total. The first-order chi connectivity index (χ1) is 52.2. The van der Waals surface area contributed by atoms with Crippen LogP contribution in [0.4, 0.5) is 17.5 Å². The second-order valence-corrected chi connectivity index (χ2v) is 37.2. The summed E-state index contributed by atoms with van der Waals surface area (Å²) < 4.78 is 63.2. The Morgan fingerprint density at radius 2 is 0.710 bits per heavy atom. The molecule has 6 aromatic rings. The number of ether oxygens (including phenoxy) is 9. The van der Waals surface area contributed by atoms with E-state index in [1.54, 1.807) is 38.0 Å². The smallest absolute Gasteiger partial charge is 0.335 e. The predicted octanol–water partition coefficient (Wildman–Crippen LogP) is 11.0. The van der Waals surface area contributed by atoms with E-state index in [2.05, 4.69) is 45.9 Å². The standard InChI is InChI=1S/C27H37N5O4.C26H33N5O5.C26H35N5O4/c33-12-19-21-22(36-27(35-21)4-2-1-3-5-27)25(34-19)32-15-31-20-23(29-14-30-24(20)32)28-13-26-9-16-6-17(10-26)8-18(7-16)11-26;32-24(33)20-18-19(36-26(35-18)4-2-1-3-5-26)23(34-20)31-13-29-17-21(27-12-28-22(17)31)30-25-9-14-6-15(10-25)8-16(7-14)11-25;32-12-18-20-21(35-26(34-20)4-2-1-3-5-26)24(33-18)31-14-29-19-22(27-13-28-23(19)31)30-25-9-15-6-16(10-25)8-17(7-15)11-25/h14-19,21-22,25,33H,1-13H2,(H,28,29,30);12-16,18-20,23H,1-11H2,(H,32,33)(H,27,28,30);13-18,20-21,24,32H,1-12H2,(H,27,28,30)/t16?,17?,18?,19-,21?,22+,25-,26?;14?,15?,16?,18?,19-,20-,23+,25?;15?,16?,17?,18-,20?,21+,24-,25?/m101/s1. The van der Waals surface area contributed by atoms with E-state index in [0.29, 0.717) is 16.6 Å². The summed E-state index contributed by atoms with van der Waals surface area (Å²) in [5.74, 6) is 7.38. The molecule has 15 aliphatic carbocycles. The van der Waals surface area contributed by atoms with E-state index >= 15 is 0 Å². The van der Waals surface area contributed by atoms with Crippen LogP contribution in [-0.2, 0) is 47.4 Å². The minimum absolute atomic E-state index is 0.0962. The highest BCUT2D eigenvalue weighted by atomic mass is 16.8. The maximum Gasteiger partial charge on any atom is 0.335 e. The van der Waals surface area contributed by atoms with Gasteiger partial charge in [-0.05, 0) is 213 Å². The van der Waals surface area contributed by atoms with Crippen molar-refractivity contribution in [2.45, 2.75) is 314 Å². The van der Waals surface area contributed by atoms with Gasteiger partial charge in [0.05, 0.1) is 32.2 Å². The molecule has 3 unspecified atom stereocenters. The molecule has 21 aliphatic rings. The Bertz CT molecular complexity index is 4230. The number of anilines is 3. The van der Waals surface area contributed by atoms with Gasteiger partial charge in [0.1, 0.15) is 67.8 Å². The number of imidazole rings is 3. The molecule has 28 nitrogen and oxygen atoms in total. The number of fused-ring (bicyclic) bond motifs is 6. The summed E-state index contributed by atoms with van der Waals surface area (Å²) >= 11 is 0. The van der Waals surface area contributed by atoms with Gasteiger partial charge in [-0.3, -0.25) is 13.7 Å². The number of carboxylic acid groups (broad SMARTS) is 1. The number of hydrogen-bond donors (Lipinski definition) is 6. The van der Waals surface area contributed by atoms with Crippen molar-refractivity contribution in [1.29, 1.82) is 0 Å². The summed E-state index contributed by atoms with van der Waals surface area (Å²) in [5, 5.41) is 41.4. The van der Waals surface area contributed by atoms with E-state index in [0.717, 1.165) is 183 Å². The number of nitrogens with one attached hydrogen (secondary N) is 3. The first kappa shape index (κ1) is 67.9. The highest BCUT2D eigenvalue weighted by Crippen LogP contribution is 2.62. The Labute approximate surface area is 621 Å². The lowest BCUT2D eigenvalue weighted by Gasteiger charge is -2.57. The average molecular weight is 1470 g/mol. The van der Waals surface area contributed by atoms with Crippen LogP contribution in [0.25, 0.3) is 33.5 Å². The summed E-state index contributed by atoms with van der Waals surface area (Å²) in [6, 6.07) is 0. The highest BCUT2D eigenvalue weighted by molar-refractivity contribution is 5.85. The first-order valence-electron chi connectivity index (χ1n) is 41.6. The molecular weight excluding hydrogens is 1370 g/mol. The molecule has 6 aromatic heterocycles. The van der Waals surface area contributed by atoms with Crippen molar-refractivity contribution >= 4 is 56.9 Å². The molecule has 28 heteroatoms. The topological polar surface area (TPSA) is 328 Å². The zero-order valence-electron chi connectivity index (χ0n) is 61.3. The van der Waals surface area contributed by atoms with Crippen LogP contribution < -0.4 is 16.0 Å². The lowest BCUT2D eigenvalue weighted by molar-refractivity contribution is -0.233. The fourth-order valence-corrected chi connectivity index (χ4v) is 26.8. The van der Waals surface area contributed by atoms with Gasteiger partial charge in [0.2, 0.25) is 0 Å². The number of aliphatic hydroxyl groups excluding tert-OH is 2. The van der Waals surface area contributed by atoms with Crippen LogP contribution in [0.15, 0.2) is 38.0 Å². The normalized spacial score (nSPS) is 42.7. The summed E-state index contributed by atoms with van der Waals surface area (Å²) in [7, 11) is 0. The van der Waals surface area contributed by atoms with Crippen molar-refractivity contribution in [2.75, 3.05) is 35.7 Å². The van der Waals surface area contributed by atoms with Gasteiger partial charge in [-0.1, -0.05) is 19.3 Å². The Hall–Kier alpha value is -5.92. The van der Waals surface area contributed by atoms with Gasteiger partial charge in [-0.25, -0.2) is 49.7 Å². The number of hydrogen-bond acceptors (Lipinski definition) is 24. The Balaban J connectivity index is 0.0000000999.